The highest BCUT2D eigenvalue weighted by Gasteiger charge is 2.21. The molecule has 0 saturated carbocycles. The number of methoxy groups -OCH3 is 1. The van der Waals surface area contributed by atoms with Gasteiger partial charge in [0.2, 0.25) is 5.75 Å². The number of hydrogen-bond donors (Lipinski definition) is 1. The van der Waals surface area contributed by atoms with E-state index in [2.05, 4.69) is 10.4 Å². The average molecular weight is 624 g/mol. The zero-order valence-electron chi connectivity index (χ0n) is 25.5. The Morgan fingerprint density at radius 2 is 1.87 bits per heavy atom. The summed E-state index contributed by atoms with van der Waals surface area (Å²) in [4.78, 5) is 42.5. The lowest BCUT2D eigenvalue weighted by molar-refractivity contribution is -0.385. The molecule has 5 aromatic rings. The molecule has 0 aliphatic rings. The number of hydrogen-bond acceptors (Lipinski definition) is 8. The Morgan fingerprint density at radius 3 is 2.59 bits per heavy atom. The number of nitro benzene ring substituents is 1. The standard InChI is InChI=1S/C34H30FN5O6/c1-20(2)26-17-27(21(3)15-30(26)45-4)33-38-28-13-6-5-12-25(28)34(42)39(33)36-18-22-9-7-14-29(40(43)44)32(22)46-19-31(41)37-24-11-8-10-23(35)16-24/h5-18,20H,19H2,1-4H3,(H,37,41). The Bertz CT molecular complexity index is 2060. The number of benzene rings is 4. The number of carbonyl (C=O) groups is 1. The van der Waals surface area contributed by atoms with Crippen LogP contribution in [0.4, 0.5) is 15.8 Å². The Hall–Kier alpha value is -5.91. The summed E-state index contributed by atoms with van der Waals surface area (Å²) in [7, 11) is 1.60. The van der Waals surface area contributed by atoms with E-state index >= 15 is 0 Å². The second-order valence-electron chi connectivity index (χ2n) is 10.7. The van der Waals surface area contributed by atoms with Crippen LogP contribution in [0.3, 0.4) is 0 Å². The quantitative estimate of drug-likeness (QED) is 0.107. The van der Waals surface area contributed by atoms with Crippen molar-refractivity contribution in [2.45, 2.75) is 26.7 Å². The molecule has 12 heteroatoms. The van der Waals surface area contributed by atoms with E-state index in [1.165, 1.54) is 42.6 Å². The van der Waals surface area contributed by atoms with Gasteiger partial charge in [-0.25, -0.2) is 9.37 Å². The Balaban J connectivity index is 1.59. The van der Waals surface area contributed by atoms with Gasteiger partial charge in [0.15, 0.2) is 12.4 Å². The Labute approximate surface area is 263 Å². The number of fused-ring (bicyclic) bond motifs is 1. The summed E-state index contributed by atoms with van der Waals surface area (Å²) < 4.78 is 25.9. The molecule has 0 spiro atoms. The molecule has 5 rings (SSSR count). The summed E-state index contributed by atoms with van der Waals surface area (Å²) in [6.07, 6.45) is 1.25. The van der Waals surface area contributed by atoms with Crippen LogP contribution >= 0.6 is 0 Å². The average Bonchev–Trinajstić information content (AvgIpc) is 3.03. The van der Waals surface area contributed by atoms with Gasteiger partial charge in [0.05, 0.1) is 29.2 Å². The van der Waals surface area contributed by atoms with Crippen molar-refractivity contribution in [1.29, 1.82) is 0 Å². The van der Waals surface area contributed by atoms with E-state index in [-0.39, 0.29) is 28.7 Å². The van der Waals surface area contributed by atoms with Gasteiger partial charge in [-0.3, -0.25) is 19.7 Å². The molecule has 1 amide bonds. The normalized spacial score (nSPS) is 11.3. The van der Waals surface area contributed by atoms with E-state index in [9.17, 15) is 24.1 Å². The number of aromatic nitrogens is 2. The molecule has 46 heavy (non-hydrogen) atoms. The zero-order valence-corrected chi connectivity index (χ0v) is 25.5. The molecule has 0 atom stereocenters. The van der Waals surface area contributed by atoms with E-state index in [1.54, 1.807) is 31.4 Å². The smallest absolute Gasteiger partial charge is 0.311 e. The maximum absolute atomic E-state index is 13.8. The van der Waals surface area contributed by atoms with Gasteiger partial charge in [0.25, 0.3) is 11.5 Å². The van der Waals surface area contributed by atoms with Crippen molar-refractivity contribution >= 4 is 34.4 Å². The first-order valence-corrected chi connectivity index (χ1v) is 14.3. The van der Waals surface area contributed by atoms with E-state index in [0.717, 1.165) is 21.9 Å². The molecule has 0 fully saturated rings. The lowest BCUT2D eigenvalue weighted by Crippen LogP contribution is -2.21. The summed E-state index contributed by atoms with van der Waals surface area (Å²) >= 11 is 0. The minimum Gasteiger partial charge on any atom is -0.496 e. The first kappa shape index (κ1) is 31.5. The molecule has 1 heterocycles. The van der Waals surface area contributed by atoms with Crippen molar-refractivity contribution < 1.29 is 23.6 Å². The molecular weight excluding hydrogens is 593 g/mol. The molecule has 0 aliphatic carbocycles. The van der Waals surface area contributed by atoms with E-state index < -0.39 is 34.5 Å². The Kier molecular flexibility index (Phi) is 9.17. The van der Waals surface area contributed by atoms with Crippen LogP contribution < -0.4 is 20.3 Å². The fraction of sp³-hybridized carbons (Fsp3) is 0.176. The van der Waals surface area contributed by atoms with Gasteiger partial charge in [0.1, 0.15) is 11.6 Å². The van der Waals surface area contributed by atoms with Crippen molar-refractivity contribution in [2.75, 3.05) is 19.0 Å². The molecule has 1 N–H and O–H groups in total. The van der Waals surface area contributed by atoms with Gasteiger partial charge in [-0.1, -0.05) is 38.1 Å². The first-order valence-electron chi connectivity index (χ1n) is 14.3. The SMILES string of the molecule is COc1cc(C)c(-c2nc3ccccc3c(=O)n2N=Cc2cccc([N+](=O)[O-])c2OCC(=O)Nc2cccc(F)c2)cc1C(C)C. The minimum atomic E-state index is -0.667. The van der Waals surface area contributed by atoms with Crippen molar-refractivity contribution in [3.8, 4) is 22.9 Å². The van der Waals surface area contributed by atoms with Crippen molar-refractivity contribution in [3.63, 3.8) is 0 Å². The van der Waals surface area contributed by atoms with E-state index in [4.69, 9.17) is 14.5 Å². The number of nitrogens with one attached hydrogen (secondary N) is 1. The molecule has 1 aromatic heterocycles. The van der Waals surface area contributed by atoms with Crippen LogP contribution in [0.2, 0.25) is 0 Å². The van der Waals surface area contributed by atoms with Crippen molar-refractivity contribution in [2.24, 2.45) is 5.10 Å². The van der Waals surface area contributed by atoms with Gasteiger partial charge < -0.3 is 14.8 Å². The minimum absolute atomic E-state index is 0.0983. The highest BCUT2D eigenvalue weighted by molar-refractivity contribution is 5.92. The summed E-state index contributed by atoms with van der Waals surface area (Å²) in [5.41, 5.74) is 2.27. The fourth-order valence-corrected chi connectivity index (χ4v) is 4.94. The van der Waals surface area contributed by atoms with Crippen LogP contribution in [0.15, 0.2) is 88.8 Å². The molecule has 11 nitrogen and oxygen atoms in total. The maximum Gasteiger partial charge on any atom is 0.311 e. The third kappa shape index (κ3) is 6.60. The van der Waals surface area contributed by atoms with Crippen LogP contribution in [0.5, 0.6) is 11.5 Å². The number of rotatable bonds is 10. The van der Waals surface area contributed by atoms with Crippen LogP contribution in [0.25, 0.3) is 22.3 Å². The number of aryl methyl sites for hydroxylation is 1. The third-order valence-corrected chi connectivity index (χ3v) is 7.18. The second-order valence-corrected chi connectivity index (χ2v) is 10.7. The number of nitrogens with zero attached hydrogens (tertiary/aromatic N) is 4. The molecule has 0 saturated heterocycles. The largest absolute Gasteiger partial charge is 0.496 e. The summed E-state index contributed by atoms with van der Waals surface area (Å²) in [6.45, 7) is 5.31. The van der Waals surface area contributed by atoms with Crippen LogP contribution in [-0.2, 0) is 4.79 Å². The monoisotopic (exact) mass is 623 g/mol. The Morgan fingerprint density at radius 1 is 1.11 bits per heavy atom. The van der Waals surface area contributed by atoms with Gasteiger partial charge in [-0.05, 0) is 72.5 Å². The van der Waals surface area contributed by atoms with Crippen LogP contribution in [0.1, 0.15) is 36.5 Å². The molecule has 0 unspecified atom stereocenters. The van der Waals surface area contributed by atoms with Crippen LogP contribution in [0, 0.1) is 22.9 Å². The number of nitro groups is 1. The number of halogens is 1. The first-order chi connectivity index (χ1) is 22.1. The zero-order chi connectivity index (χ0) is 33.0. The van der Waals surface area contributed by atoms with Gasteiger partial charge in [-0.2, -0.15) is 9.78 Å². The predicted octanol–water partition coefficient (Wildman–Crippen LogP) is 6.45. The number of amides is 1. The fourth-order valence-electron chi connectivity index (χ4n) is 4.94. The molecule has 0 bridgehead atoms. The summed E-state index contributed by atoms with van der Waals surface area (Å²) in [6, 6.07) is 20.1. The van der Waals surface area contributed by atoms with Gasteiger partial charge in [-0.15, -0.1) is 0 Å². The highest BCUT2D eigenvalue weighted by atomic mass is 19.1. The number of anilines is 1. The topological polar surface area (TPSA) is 138 Å². The highest BCUT2D eigenvalue weighted by Crippen LogP contribution is 2.34. The number of carbonyl (C=O) groups excluding carboxylic acids is 1. The van der Waals surface area contributed by atoms with Crippen molar-refractivity contribution in [1.82, 2.24) is 9.66 Å². The summed E-state index contributed by atoms with van der Waals surface area (Å²) in [5, 5.41) is 19.2. The molecule has 0 radical (unpaired) electrons. The van der Waals surface area contributed by atoms with E-state index in [1.807, 2.05) is 32.9 Å². The lowest BCUT2D eigenvalue weighted by atomic mass is 9.96. The van der Waals surface area contributed by atoms with E-state index in [0.29, 0.717) is 22.2 Å². The number of para-hydroxylation sites is 2. The maximum atomic E-state index is 13.8. The molecule has 4 aromatic carbocycles. The van der Waals surface area contributed by atoms with Gasteiger partial charge >= 0.3 is 5.69 Å². The van der Waals surface area contributed by atoms with Gasteiger partial charge in [0, 0.05) is 22.9 Å². The molecule has 0 aliphatic heterocycles. The van der Waals surface area contributed by atoms with Crippen LogP contribution in [-0.4, -0.2) is 40.4 Å². The lowest BCUT2D eigenvalue weighted by Gasteiger charge is -2.17. The summed E-state index contributed by atoms with van der Waals surface area (Å²) in [5.74, 6) is -0.393. The molecular formula is C34H30FN5O6. The number of ether oxygens (including phenoxy) is 2. The van der Waals surface area contributed by atoms with Crippen molar-refractivity contribution in [3.05, 3.63) is 122 Å². The predicted molar refractivity (Wildman–Crippen MR) is 173 cm³/mol. The third-order valence-electron chi connectivity index (χ3n) is 7.18. The molecule has 234 valence electrons. The second kappa shape index (κ2) is 13.4.